The standard InChI is InChI=1S/C26H21Br2N3O3S/c27-20-8-4-18(5-9-20)23-16-35-26(30-23)31(15-17-2-1-3-21(28)14-17)22-10-6-19(7-11-22)25(34)29-13-12-24(32)33/h1-11,14,16H,12-13,15H2,(H,29,34)(H,32,33). The van der Waals surface area contributed by atoms with E-state index in [1.807, 2.05) is 53.9 Å². The molecule has 4 rings (SSSR count). The van der Waals surface area contributed by atoms with Gasteiger partial charge in [-0.15, -0.1) is 11.3 Å². The van der Waals surface area contributed by atoms with E-state index < -0.39 is 5.97 Å². The van der Waals surface area contributed by atoms with Crippen molar-refractivity contribution >= 4 is 65.9 Å². The molecular formula is C26H21Br2N3O3S. The van der Waals surface area contributed by atoms with Gasteiger partial charge in [-0.25, -0.2) is 4.98 Å². The van der Waals surface area contributed by atoms with Gasteiger partial charge in [0.25, 0.3) is 5.91 Å². The van der Waals surface area contributed by atoms with Crippen molar-refractivity contribution in [2.75, 3.05) is 11.4 Å². The Bertz CT molecular complexity index is 1320. The molecule has 0 unspecified atom stereocenters. The van der Waals surface area contributed by atoms with Gasteiger partial charge in [-0.1, -0.05) is 56.1 Å². The summed E-state index contributed by atoms with van der Waals surface area (Å²) in [6.45, 7) is 0.680. The number of halogens is 2. The van der Waals surface area contributed by atoms with Crippen LogP contribution in [0.4, 0.5) is 10.8 Å². The van der Waals surface area contributed by atoms with Gasteiger partial charge < -0.3 is 15.3 Å². The van der Waals surface area contributed by atoms with Gasteiger partial charge in [0.15, 0.2) is 5.13 Å². The van der Waals surface area contributed by atoms with Crippen LogP contribution in [0.25, 0.3) is 11.3 Å². The molecule has 1 aromatic heterocycles. The van der Waals surface area contributed by atoms with Gasteiger partial charge >= 0.3 is 5.97 Å². The molecule has 4 aromatic rings. The van der Waals surface area contributed by atoms with Crippen LogP contribution in [0.1, 0.15) is 22.3 Å². The number of nitrogens with zero attached hydrogens (tertiary/aromatic N) is 2. The van der Waals surface area contributed by atoms with E-state index in [2.05, 4.69) is 54.2 Å². The third-order valence-electron chi connectivity index (χ3n) is 5.16. The second-order valence-electron chi connectivity index (χ2n) is 7.68. The van der Waals surface area contributed by atoms with Crippen LogP contribution in [-0.4, -0.2) is 28.5 Å². The summed E-state index contributed by atoms with van der Waals surface area (Å²) in [6, 6.07) is 23.4. The average Bonchev–Trinajstić information content (AvgIpc) is 3.33. The van der Waals surface area contributed by atoms with Crippen molar-refractivity contribution in [2.45, 2.75) is 13.0 Å². The van der Waals surface area contributed by atoms with Crippen molar-refractivity contribution in [2.24, 2.45) is 0 Å². The topological polar surface area (TPSA) is 82.5 Å². The smallest absolute Gasteiger partial charge is 0.305 e. The fraction of sp³-hybridized carbons (Fsp3) is 0.115. The molecular weight excluding hydrogens is 594 g/mol. The molecule has 3 aromatic carbocycles. The molecule has 0 bridgehead atoms. The first kappa shape index (κ1) is 25.1. The van der Waals surface area contributed by atoms with Gasteiger partial charge in [0.05, 0.1) is 18.7 Å². The first-order valence-corrected chi connectivity index (χ1v) is 13.2. The summed E-state index contributed by atoms with van der Waals surface area (Å²) in [5, 5.41) is 14.3. The van der Waals surface area contributed by atoms with E-state index in [0.717, 1.165) is 36.6 Å². The molecule has 178 valence electrons. The Hall–Kier alpha value is -3.01. The number of carboxylic acids is 1. The summed E-state index contributed by atoms with van der Waals surface area (Å²) >= 11 is 8.57. The summed E-state index contributed by atoms with van der Waals surface area (Å²) in [5.41, 5.74) is 4.40. The zero-order chi connectivity index (χ0) is 24.8. The molecule has 1 heterocycles. The van der Waals surface area contributed by atoms with Crippen LogP contribution in [0.15, 0.2) is 87.1 Å². The van der Waals surface area contributed by atoms with Crippen molar-refractivity contribution < 1.29 is 14.7 Å². The lowest BCUT2D eigenvalue weighted by Gasteiger charge is -2.22. The van der Waals surface area contributed by atoms with Gasteiger partial charge in [-0.05, 0) is 54.1 Å². The predicted octanol–water partition coefficient (Wildman–Crippen LogP) is 6.88. The second kappa shape index (κ2) is 11.6. The molecule has 0 saturated heterocycles. The van der Waals surface area contributed by atoms with Crippen molar-refractivity contribution in [3.63, 3.8) is 0 Å². The number of carbonyl (C=O) groups excluding carboxylic acids is 1. The van der Waals surface area contributed by atoms with Gasteiger partial charge in [0.2, 0.25) is 0 Å². The SMILES string of the molecule is O=C(O)CCNC(=O)c1ccc(N(Cc2cccc(Br)c2)c2nc(-c3ccc(Br)cc3)cs2)cc1. The minimum atomic E-state index is -0.949. The quantitative estimate of drug-likeness (QED) is 0.215. The largest absolute Gasteiger partial charge is 0.481 e. The minimum absolute atomic E-state index is 0.0862. The summed E-state index contributed by atoms with van der Waals surface area (Å²) in [6.07, 6.45) is -0.116. The number of hydrogen-bond acceptors (Lipinski definition) is 5. The maximum atomic E-state index is 12.4. The lowest BCUT2D eigenvalue weighted by Crippen LogP contribution is -2.26. The number of thiazole rings is 1. The van der Waals surface area contributed by atoms with Crippen molar-refractivity contribution in [3.8, 4) is 11.3 Å². The van der Waals surface area contributed by atoms with Crippen LogP contribution in [0, 0.1) is 0 Å². The number of carboxylic acid groups (broad SMARTS) is 1. The predicted molar refractivity (Wildman–Crippen MR) is 146 cm³/mol. The highest BCUT2D eigenvalue weighted by molar-refractivity contribution is 9.10. The number of hydrogen-bond donors (Lipinski definition) is 2. The summed E-state index contributed by atoms with van der Waals surface area (Å²) < 4.78 is 2.01. The Morgan fingerprint density at radius 2 is 1.71 bits per heavy atom. The van der Waals surface area contributed by atoms with Crippen LogP contribution in [-0.2, 0) is 11.3 Å². The fourth-order valence-corrected chi connectivity index (χ4v) is 4.97. The number of aliphatic carboxylic acids is 1. The van der Waals surface area contributed by atoms with Crippen molar-refractivity contribution in [3.05, 3.63) is 98.2 Å². The van der Waals surface area contributed by atoms with Crippen LogP contribution < -0.4 is 10.2 Å². The lowest BCUT2D eigenvalue weighted by atomic mass is 10.1. The van der Waals surface area contributed by atoms with Gasteiger partial charge in [-0.2, -0.15) is 0 Å². The number of aromatic nitrogens is 1. The number of nitrogens with one attached hydrogen (secondary N) is 1. The zero-order valence-corrected chi connectivity index (χ0v) is 22.4. The average molecular weight is 615 g/mol. The van der Waals surface area contributed by atoms with E-state index in [-0.39, 0.29) is 18.9 Å². The van der Waals surface area contributed by atoms with E-state index in [0.29, 0.717) is 12.1 Å². The Morgan fingerprint density at radius 3 is 2.40 bits per heavy atom. The highest BCUT2D eigenvalue weighted by Crippen LogP contribution is 2.34. The first-order valence-electron chi connectivity index (χ1n) is 10.7. The van der Waals surface area contributed by atoms with Crippen molar-refractivity contribution in [1.29, 1.82) is 0 Å². The molecule has 1 amide bonds. The molecule has 6 nitrogen and oxygen atoms in total. The maximum absolute atomic E-state index is 12.4. The minimum Gasteiger partial charge on any atom is -0.481 e. The van der Waals surface area contributed by atoms with Crippen LogP contribution in [0.3, 0.4) is 0 Å². The molecule has 0 aliphatic heterocycles. The Balaban J connectivity index is 1.60. The monoisotopic (exact) mass is 613 g/mol. The number of carbonyl (C=O) groups is 2. The molecule has 35 heavy (non-hydrogen) atoms. The normalized spacial score (nSPS) is 10.7. The number of benzene rings is 3. The van der Waals surface area contributed by atoms with E-state index in [4.69, 9.17) is 10.1 Å². The van der Waals surface area contributed by atoms with E-state index in [1.54, 1.807) is 23.5 Å². The summed E-state index contributed by atoms with van der Waals surface area (Å²) in [4.78, 5) is 30.1. The van der Waals surface area contributed by atoms with E-state index >= 15 is 0 Å². The summed E-state index contributed by atoms with van der Waals surface area (Å²) in [5.74, 6) is -1.25. The Labute approximate surface area is 223 Å². The Morgan fingerprint density at radius 1 is 0.971 bits per heavy atom. The van der Waals surface area contributed by atoms with Crippen LogP contribution >= 0.6 is 43.2 Å². The van der Waals surface area contributed by atoms with Crippen LogP contribution in [0.2, 0.25) is 0 Å². The van der Waals surface area contributed by atoms with Gasteiger partial charge in [0.1, 0.15) is 0 Å². The number of amides is 1. The maximum Gasteiger partial charge on any atom is 0.305 e. The molecule has 0 aliphatic carbocycles. The number of anilines is 2. The molecule has 0 radical (unpaired) electrons. The third kappa shape index (κ3) is 6.78. The highest BCUT2D eigenvalue weighted by atomic mass is 79.9. The molecule has 0 atom stereocenters. The lowest BCUT2D eigenvalue weighted by molar-refractivity contribution is -0.136. The van der Waals surface area contributed by atoms with Crippen LogP contribution in [0.5, 0.6) is 0 Å². The number of rotatable bonds is 9. The first-order chi connectivity index (χ1) is 16.9. The molecule has 9 heteroatoms. The summed E-state index contributed by atoms with van der Waals surface area (Å²) in [7, 11) is 0. The molecule has 0 saturated carbocycles. The third-order valence-corrected chi connectivity index (χ3v) is 7.04. The fourth-order valence-electron chi connectivity index (χ4n) is 3.41. The second-order valence-corrected chi connectivity index (χ2v) is 10.4. The molecule has 2 N–H and O–H groups in total. The van der Waals surface area contributed by atoms with E-state index in [9.17, 15) is 9.59 Å². The van der Waals surface area contributed by atoms with Gasteiger partial charge in [0, 0.05) is 37.7 Å². The molecule has 0 aliphatic rings. The molecule has 0 fully saturated rings. The van der Waals surface area contributed by atoms with Crippen molar-refractivity contribution in [1.82, 2.24) is 10.3 Å². The zero-order valence-electron chi connectivity index (χ0n) is 18.4. The molecule has 0 spiro atoms. The highest BCUT2D eigenvalue weighted by Gasteiger charge is 2.16. The Kier molecular flexibility index (Phi) is 8.33. The van der Waals surface area contributed by atoms with Gasteiger partial charge in [-0.3, -0.25) is 9.59 Å². The van der Waals surface area contributed by atoms with E-state index in [1.165, 1.54) is 0 Å².